The Morgan fingerprint density at radius 1 is 1.17 bits per heavy atom. The summed E-state index contributed by atoms with van der Waals surface area (Å²) in [7, 11) is 0. The van der Waals surface area contributed by atoms with E-state index in [-0.39, 0.29) is 37.0 Å². The number of likely N-dealkylation sites (N-methyl/N-ethyl adjacent to an activating group) is 1. The molecule has 2 aliphatic rings. The van der Waals surface area contributed by atoms with Crippen LogP contribution in [0.4, 0.5) is 10.1 Å². The number of nitrogens with one attached hydrogen (secondary N) is 1. The first kappa shape index (κ1) is 19.1. The number of amides is 3. The number of halogens is 1. The quantitative estimate of drug-likeness (QED) is 0.865. The van der Waals surface area contributed by atoms with E-state index in [1.807, 2.05) is 0 Å². The van der Waals surface area contributed by atoms with Gasteiger partial charge >= 0.3 is 0 Å². The molecule has 0 aliphatic carbocycles. The largest absolute Gasteiger partial charge is 0.346 e. The smallest absolute Gasteiger partial charge is 0.267 e. The predicted octanol–water partition coefficient (Wildman–Crippen LogP) is 3.00. The number of carbonyl (C=O) groups is 3. The molecular weight excluding hydrogens is 373 g/mol. The fourth-order valence-electron chi connectivity index (χ4n) is 4.35. The molecule has 4 rings (SSSR count). The van der Waals surface area contributed by atoms with Gasteiger partial charge < -0.3 is 10.2 Å². The van der Waals surface area contributed by atoms with Crippen molar-refractivity contribution in [2.24, 2.45) is 0 Å². The number of carbonyl (C=O) groups excluding carboxylic acids is 3. The van der Waals surface area contributed by atoms with Crippen molar-refractivity contribution in [3.8, 4) is 0 Å². The molecule has 1 N–H and O–H groups in total. The molecule has 2 aliphatic heterocycles. The summed E-state index contributed by atoms with van der Waals surface area (Å²) in [5.41, 5.74) is 0.220. The highest BCUT2D eigenvalue weighted by Gasteiger charge is 2.60. The topological polar surface area (TPSA) is 69.7 Å². The number of para-hydroxylation sites is 1. The second kappa shape index (κ2) is 6.99. The molecule has 7 heteroatoms. The SMILES string of the molecule is CCN1C(=O)c2ccccc2N2C(=O)CCC12C(=O)NC(C)c1ccc(F)cc1. The second-order valence-electron chi connectivity index (χ2n) is 7.36. The highest BCUT2D eigenvalue weighted by molar-refractivity contribution is 6.16. The van der Waals surface area contributed by atoms with E-state index in [0.29, 0.717) is 11.3 Å². The Kier molecular flexibility index (Phi) is 4.61. The Morgan fingerprint density at radius 2 is 1.86 bits per heavy atom. The molecule has 2 aromatic carbocycles. The van der Waals surface area contributed by atoms with Crippen LogP contribution in [0.25, 0.3) is 0 Å². The molecule has 1 saturated heterocycles. The van der Waals surface area contributed by atoms with Crippen LogP contribution in [-0.4, -0.2) is 34.8 Å². The molecule has 2 unspecified atom stereocenters. The van der Waals surface area contributed by atoms with E-state index >= 15 is 0 Å². The summed E-state index contributed by atoms with van der Waals surface area (Å²) < 4.78 is 13.2. The summed E-state index contributed by atoms with van der Waals surface area (Å²) in [6.07, 6.45) is 0.401. The monoisotopic (exact) mass is 395 g/mol. The minimum atomic E-state index is -1.40. The molecule has 6 nitrogen and oxygen atoms in total. The molecular formula is C22H22FN3O3. The molecule has 2 atom stereocenters. The van der Waals surface area contributed by atoms with Gasteiger partial charge in [0.25, 0.3) is 11.8 Å². The average molecular weight is 395 g/mol. The van der Waals surface area contributed by atoms with Gasteiger partial charge in [0.1, 0.15) is 5.82 Å². The Hall–Kier alpha value is -3.22. The summed E-state index contributed by atoms with van der Waals surface area (Å²) in [5, 5.41) is 2.93. The van der Waals surface area contributed by atoms with E-state index < -0.39 is 17.6 Å². The predicted molar refractivity (Wildman–Crippen MR) is 106 cm³/mol. The fourth-order valence-corrected chi connectivity index (χ4v) is 4.35. The van der Waals surface area contributed by atoms with Crippen LogP contribution < -0.4 is 10.2 Å². The van der Waals surface area contributed by atoms with Gasteiger partial charge in [0, 0.05) is 19.4 Å². The van der Waals surface area contributed by atoms with Crippen molar-refractivity contribution < 1.29 is 18.8 Å². The molecule has 29 heavy (non-hydrogen) atoms. The zero-order valence-electron chi connectivity index (χ0n) is 16.3. The molecule has 0 aromatic heterocycles. The molecule has 2 aromatic rings. The van der Waals surface area contributed by atoms with Crippen LogP contribution in [0.1, 0.15) is 48.7 Å². The summed E-state index contributed by atoms with van der Waals surface area (Å²) in [5.74, 6) is -1.22. The van der Waals surface area contributed by atoms with Crippen LogP contribution in [0.5, 0.6) is 0 Å². The summed E-state index contributed by atoms with van der Waals surface area (Å²) in [6, 6.07) is 12.3. The van der Waals surface area contributed by atoms with E-state index in [0.717, 1.165) is 5.56 Å². The van der Waals surface area contributed by atoms with Crippen LogP contribution in [-0.2, 0) is 9.59 Å². The minimum Gasteiger partial charge on any atom is -0.346 e. The Morgan fingerprint density at radius 3 is 2.55 bits per heavy atom. The molecule has 0 saturated carbocycles. The van der Waals surface area contributed by atoms with Gasteiger partial charge in [-0.2, -0.15) is 0 Å². The summed E-state index contributed by atoms with van der Waals surface area (Å²) in [6.45, 7) is 3.87. The minimum absolute atomic E-state index is 0.177. The Bertz CT molecular complexity index is 991. The van der Waals surface area contributed by atoms with Crippen molar-refractivity contribution in [3.05, 3.63) is 65.5 Å². The number of rotatable bonds is 4. The van der Waals surface area contributed by atoms with Crippen molar-refractivity contribution >= 4 is 23.4 Å². The Balaban J connectivity index is 1.75. The van der Waals surface area contributed by atoms with Crippen LogP contribution in [0.3, 0.4) is 0 Å². The van der Waals surface area contributed by atoms with Crippen LogP contribution in [0.2, 0.25) is 0 Å². The third-order valence-electron chi connectivity index (χ3n) is 5.77. The van der Waals surface area contributed by atoms with Crippen molar-refractivity contribution in [3.63, 3.8) is 0 Å². The number of anilines is 1. The maximum atomic E-state index is 13.5. The van der Waals surface area contributed by atoms with E-state index in [1.54, 1.807) is 50.2 Å². The molecule has 3 amide bonds. The Labute approximate surface area is 168 Å². The van der Waals surface area contributed by atoms with E-state index in [9.17, 15) is 18.8 Å². The molecule has 150 valence electrons. The average Bonchev–Trinajstić information content (AvgIpc) is 3.07. The molecule has 2 heterocycles. The highest BCUT2D eigenvalue weighted by Crippen LogP contribution is 2.44. The van der Waals surface area contributed by atoms with Gasteiger partial charge in [0.2, 0.25) is 11.6 Å². The van der Waals surface area contributed by atoms with E-state index in [4.69, 9.17) is 0 Å². The normalized spacial score (nSPS) is 21.6. The van der Waals surface area contributed by atoms with Gasteiger partial charge in [-0.15, -0.1) is 0 Å². The molecule has 0 bridgehead atoms. The number of hydrogen-bond acceptors (Lipinski definition) is 3. The van der Waals surface area contributed by atoms with Gasteiger partial charge in [-0.1, -0.05) is 24.3 Å². The number of fused-ring (bicyclic) bond motifs is 3. The second-order valence-corrected chi connectivity index (χ2v) is 7.36. The first-order valence-electron chi connectivity index (χ1n) is 9.70. The van der Waals surface area contributed by atoms with Gasteiger partial charge in [0.15, 0.2) is 0 Å². The third-order valence-corrected chi connectivity index (χ3v) is 5.77. The first-order chi connectivity index (χ1) is 13.9. The molecule has 0 radical (unpaired) electrons. The van der Waals surface area contributed by atoms with Crippen molar-refractivity contribution in [2.75, 3.05) is 11.4 Å². The van der Waals surface area contributed by atoms with Crippen LogP contribution in [0.15, 0.2) is 48.5 Å². The number of hydrogen-bond donors (Lipinski definition) is 1. The summed E-state index contributed by atoms with van der Waals surface area (Å²) in [4.78, 5) is 42.5. The van der Waals surface area contributed by atoms with Crippen LogP contribution in [0, 0.1) is 5.82 Å². The maximum absolute atomic E-state index is 13.5. The van der Waals surface area contributed by atoms with Gasteiger partial charge in [-0.25, -0.2) is 4.39 Å². The van der Waals surface area contributed by atoms with Crippen LogP contribution >= 0.6 is 0 Å². The van der Waals surface area contributed by atoms with Crippen molar-refractivity contribution in [2.45, 2.75) is 38.4 Å². The zero-order chi connectivity index (χ0) is 20.8. The maximum Gasteiger partial charge on any atom is 0.267 e. The third kappa shape index (κ3) is 2.80. The van der Waals surface area contributed by atoms with Crippen molar-refractivity contribution in [1.82, 2.24) is 10.2 Å². The lowest BCUT2D eigenvalue weighted by Gasteiger charge is -2.49. The van der Waals surface area contributed by atoms with Crippen molar-refractivity contribution in [1.29, 1.82) is 0 Å². The van der Waals surface area contributed by atoms with Gasteiger partial charge in [-0.3, -0.25) is 19.3 Å². The first-order valence-corrected chi connectivity index (χ1v) is 9.70. The van der Waals surface area contributed by atoms with Gasteiger partial charge in [-0.05, 0) is 43.7 Å². The summed E-state index contributed by atoms with van der Waals surface area (Å²) >= 11 is 0. The number of benzene rings is 2. The van der Waals surface area contributed by atoms with Gasteiger partial charge in [0.05, 0.1) is 17.3 Å². The lowest BCUT2D eigenvalue weighted by molar-refractivity contribution is -0.134. The fraction of sp³-hybridized carbons (Fsp3) is 0.318. The standard InChI is InChI=1S/C22H22FN3O3/c1-3-25-20(28)17-6-4-5-7-18(17)26-19(27)12-13-22(25,26)21(29)24-14(2)15-8-10-16(23)11-9-15/h4-11,14H,3,12-13H2,1-2H3,(H,24,29). The molecule has 0 spiro atoms. The molecule has 1 fully saturated rings. The van der Waals surface area contributed by atoms with E-state index in [1.165, 1.54) is 21.9 Å². The zero-order valence-corrected chi connectivity index (χ0v) is 16.3. The number of nitrogens with zero attached hydrogens (tertiary/aromatic N) is 2. The lowest BCUT2D eigenvalue weighted by atomic mass is 9.95. The van der Waals surface area contributed by atoms with E-state index in [2.05, 4.69) is 5.32 Å². The highest BCUT2D eigenvalue weighted by atomic mass is 19.1. The lowest BCUT2D eigenvalue weighted by Crippen LogP contribution is -2.70.